The third-order valence-electron chi connectivity index (χ3n) is 3.59. The summed E-state index contributed by atoms with van der Waals surface area (Å²) >= 11 is 0. The maximum absolute atomic E-state index is 12.0. The molecule has 0 saturated carbocycles. The van der Waals surface area contributed by atoms with Crippen LogP contribution in [0.3, 0.4) is 0 Å². The van der Waals surface area contributed by atoms with Gasteiger partial charge in [0.2, 0.25) is 5.91 Å². The Hall–Kier alpha value is -1.88. The fourth-order valence-electron chi connectivity index (χ4n) is 2.40. The smallest absolute Gasteiger partial charge is 0.328 e. The number of carbonyl (C=O) groups is 2. The van der Waals surface area contributed by atoms with Crippen molar-refractivity contribution in [3.63, 3.8) is 0 Å². The molecule has 1 fully saturated rings. The lowest BCUT2D eigenvalue weighted by atomic mass is 10.0. The molecule has 5 heteroatoms. The zero-order valence-corrected chi connectivity index (χ0v) is 12.2. The molecule has 0 aromatic heterocycles. The molecule has 2 rings (SSSR count). The van der Waals surface area contributed by atoms with Gasteiger partial charge in [-0.3, -0.25) is 4.79 Å². The van der Waals surface area contributed by atoms with E-state index < -0.39 is 18.1 Å². The lowest BCUT2D eigenvalue weighted by Gasteiger charge is -2.18. The zero-order valence-electron chi connectivity index (χ0n) is 12.2. The normalized spacial score (nSPS) is 19.0. The average molecular weight is 291 g/mol. The van der Waals surface area contributed by atoms with E-state index >= 15 is 0 Å². The van der Waals surface area contributed by atoms with Gasteiger partial charge in [-0.25, -0.2) is 4.79 Å². The first kappa shape index (κ1) is 15.5. The van der Waals surface area contributed by atoms with Gasteiger partial charge in [0.15, 0.2) is 0 Å². The number of ether oxygens (including phenoxy) is 2. The lowest BCUT2D eigenvalue weighted by Crippen LogP contribution is -2.46. The summed E-state index contributed by atoms with van der Waals surface area (Å²) in [6, 6.07) is 9.21. The molecule has 2 atom stereocenters. The summed E-state index contributed by atoms with van der Waals surface area (Å²) in [6.07, 6.45) is 2.36. The van der Waals surface area contributed by atoms with Gasteiger partial charge in [-0.1, -0.05) is 30.3 Å². The van der Waals surface area contributed by atoms with Crippen LogP contribution in [0.4, 0.5) is 0 Å². The predicted molar refractivity (Wildman–Crippen MR) is 77.7 cm³/mol. The van der Waals surface area contributed by atoms with E-state index in [9.17, 15) is 9.59 Å². The molecular weight excluding hydrogens is 270 g/mol. The molecule has 1 saturated heterocycles. The van der Waals surface area contributed by atoms with Crippen LogP contribution in [0, 0.1) is 0 Å². The Balaban J connectivity index is 1.91. The first-order valence-electron chi connectivity index (χ1n) is 7.24. The number of benzene rings is 1. The second-order valence-electron chi connectivity index (χ2n) is 5.11. The van der Waals surface area contributed by atoms with Crippen molar-refractivity contribution < 1.29 is 19.1 Å². The number of rotatable bonds is 6. The molecule has 1 amide bonds. The van der Waals surface area contributed by atoms with Crippen molar-refractivity contribution in [3.8, 4) is 0 Å². The Kier molecular flexibility index (Phi) is 5.75. The van der Waals surface area contributed by atoms with Crippen LogP contribution in [-0.2, 0) is 25.5 Å². The Labute approximate surface area is 124 Å². The summed E-state index contributed by atoms with van der Waals surface area (Å²) in [7, 11) is 1.33. The van der Waals surface area contributed by atoms with Gasteiger partial charge in [-0.15, -0.1) is 0 Å². The van der Waals surface area contributed by atoms with Crippen LogP contribution >= 0.6 is 0 Å². The van der Waals surface area contributed by atoms with Gasteiger partial charge < -0.3 is 14.8 Å². The van der Waals surface area contributed by atoms with Gasteiger partial charge in [-0.2, -0.15) is 0 Å². The van der Waals surface area contributed by atoms with Crippen LogP contribution in [0.2, 0.25) is 0 Å². The first-order valence-corrected chi connectivity index (χ1v) is 7.24. The highest BCUT2D eigenvalue weighted by molar-refractivity contribution is 5.87. The van der Waals surface area contributed by atoms with E-state index in [1.807, 2.05) is 30.3 Å². The number of carbonyl (C=O) groups excluding carboxylic acids is 2. The minimum atomic E-state index is -0.632. The molecule has 1 aliphatic heterocycles. The Morgan fingerprint density at radius 3 is 2.76 bits per heavy atom. The quantitative estimate of drug-likeness (QED) is 0.806. The molecule has 1 aliphatic rings. The molecule has 21 heavy (non-hydrogen) atoms. The molecule has 0 spiro atoms. The van der Waals surface area contributed by atoms with Crippen molar-refractivity contribution in [2.24, 2.45) is 0 Å². The summed E-state index contributed by atoms with van der Waals surface area (Å²) in [6.45, 7) is 0.602. The second kappa shape index (κ2) is 7.78. The first-order chi connectivity index (χ1) is 10.2. The molecule has 0 bridgehead atoms. The summed E-state index contributed by atoms with van der Waals surface area (Å²) in [5.41, 5.74) is 1.12. The van der Waals surface area contributed by atoms with E-state index in [2.05, 4.69) is 5.32 Å². The number of hydrogen-bond donors (Lipinski definition) is 1. The summed E-state index contributed by atoms with van der Waals surface area (Å²) in [4.78, 5) is 23.8. The predicted octanol–water partition coefficient (Wildman–Crippen LogP) is 1.46. The maximum Gasteiger partial charge on any atom is 0.328 e. The van der Waals surface area contributed by atoms with E-state index in [4.69, 9.17) is 9.47 Å². The SMILES string of the molecule is COC(=O)[C@H](CCc1ccccc1)NC(=O)[C@H]1CCCO1. The number of esters is 1. The highest BCUT2D eigenvalue weighted by Gasteiger charge is 2.28. The zero-order chi connectivity index (χ0) is 15.1. The Morgan fingerprint density at radius 1 is 1.38 bits per heavy atom. The molecule has 5 nitrogen and oxygen atoms in total. The molecule has 114 valence electrons. The maximum atomic E-state index is 12.0. The highest BCUT2D eigenvalue weighted by Crippen LogP contribution is 2.13. The summed E-state index contributed by atoms with van der Waals surface area (Å²) in [5.74, 6) is -0.645. The van der Waals surface area contributed by atoms with Crippen molar-refractivity contribution in [2.45, 2.75) is 37.8 Å². The largest absolute Gasteiger partial charge is 0.467 e. The molecular formula is C16H21NO4. The fourth-order valence-corrected chi connectivity index (χ4v) is 2.40. The number of amides is 1. The summed E-state index contributed by atoms with van der Waals surface area (Å²) in [5, 5.41) is 2.74. The minimum Gasteiger partial charge on any atom is -0.467 e. The van der Waals surface area contributed by atoms with Gasteiger partial charge in [-0.05, 0) is 31.2 Å². The summed E-state index contributed by atoms with van der Waals surface area (Å²) < 4.78 is 10.1. The molecule has 0 aliphatic carbocycles. The number of nitrogens with one attached hydrogen (secondary N) is 1. The number of methoxy groups -OCH3 is 1. The van der Waals surface area contributed by atoms with Crippen LogP contribution in [0.25, 0.3) is 0 Å². The van der Waals surface area contributed by atoms with E-state index in [0.29, 0.717) is 25.9 Å². The lowest BCUT2D eigenvalue weighted by molar-refractivity contribution is -0.146. The molecule has 0 radical (unpaired) electrons. The van der Waals surface area contributed by atoms with E-state index in [0.717, 1.165) is 12.0 Å². The third-order valence-corrected chi connectivity index (χ3v) is 3.59. The molecule has 1 heterocycles. The monoisotopic (exact) mass is 291 g/mol. The van der Waals surface area contributed by atoms with Gasteiger partial charge in [0.1, 0.15) is 12.1 Å². The van der Waals surface area contributed by atoms with Gasteiger partial charge in [0.05, 0.1) is 7.11 Å². The van der Waals surface area contributed by atoms with Crippen LogP contribution in [-0.4, -0.2) is 37.7 Å². The van der Waals surface area contributed by atoms with E-state index in [-0.39, 0.29) is 5.91 Å². The van der Waals surface area contributed by atoms with Gasteiger partial charge >= 0.3 is 5.97 Å². The van der Waals surface area contributed by atoms with Crippen molar-refractivity contribution in [3.05, 3.63) is 35.9 Å². The molecule has 1 aromatic carbocycles. The molecule has 1 aromatic rings. The van der Waals surface area contributed by atoms with Crippen LogP contribution in [0.5, 0.6) is 0 Å². The highest BCUT2D eigenvalue weighted by atomic mass is 16.5. The van der Waals surface area contributed by atoms with E-state index in [1.165, 1.54) is 7.11 Å². The Bertz CT molecular complexity index is 468. The average Bonchev–Trinajstić information content (AvgIpc) is 3.06. The van der Waals surface area contributed by atoms with Gasteiger partial charge in [0.25, 0.3) is 0 Å². The van der Waals surface area contributed by atoms with Crippen molar-refractivity contribution in [1.82, 2.24) is 5.32 Å². The van der Waals surface area contributed by atoms with Crippen LogP contribution in [0.1, 0.15) is 24.8 Å². The van der Waals surface area contributed by atoms with Crippen LogP contribution in [0.15, 0.2) is 30.3 Å². The molecule has 0 unspecified atom stereocenters. The minimum absolute atomic E-state index is 0.226. The third kappa shape index (κ3) is 4.56. The Morgan fingerprint density at radius 2 is 2.14 bits per heavy atom. The van der Waals surface area contributed by atoms with E-state index in [1.54, 1.807) is 0 Å². The van der Waals surface area contributed by atoms with Gasteiger partial charge in [0, 0.05) is 6.61 Å². The second-order valence-corrected chi connectivity index (χ2v) is 5.11. The van der Waals surface area contributed by atoms with Crippen molar-refractivity contribution in [2.75, 3.05) is 13.7 Å². The standard InChI is InChI=1S/C16H21NO4/c1-20-16(19)13(10-9-12-6-3-2-4-7-12)17-15(18)14-8-5-11-21-14/h2-4,6-7,13-14H,5,8-11H2,1H3,(H,17,18)/t13-,14+/m0/s1. The fraction of sp³-hybridized carbons (Fsp3) is 0.500. The topological polar surface area (TPSA) is 64.6 Å². The molecule has 1 N–H and O–H groups in total. The number of aryl methyl sites for hydroxylation is 1. The number of hydrogen-bond acceptors (Lipinski definition) is 4. The van der Waals surface area contributed by atoms with Crippen molar-refractivity contribution in [1.29, 1.82) is 0 Å². The van der Waals surface area contributed by atoms with Crippen molar-refractivity contribution >= 4 is 11.9 Å². The van der Waals surface area contributed by atoms with Crippen LogP contribution < -0.4 is 5.32 Å².